The minimum Gasteiger partial charge on any atom is -0.508 e. The Morgan fingerprint density at radius 2 is 0.667 bits per heavy atom. The van der Waals surface area contributed by atoms with Crippen LogP contribution in [0.15, 0.2) is 97.1 Å². The third-order valence-electron chi connectivity index (χ3n) is 12.0. The maximum Gasteiger partial charge on any atom is 0.115 e. The van der Waals surface area contributed by atoms with E-state index in [1.165, 1.54) is 0 Å². The highest BCUT2D eigenvalue weighted by atomic mass is 32.1. The maximum atomic E-state index is 10.8. The minimum absolute atomic E-state index is 0.0125. The van der Waals surface area contributed by atoms with Crippen molar-refractivity contribution in [3.05, 3.63) is 119 Å². The van der Waals surface area contributed by atoms with Gasteiger partial charge >= 0.3 is 0 Å². The number of rotatable bonds is 24. The summed E-state index contributed by atoms with van der Waals surface area (Å²) in [6, 6.07) is 30.3. The van der Waals surface area contributed by atoms with Crippen LogP contribution in [-0.4, -0.2) is 64.4 Å². The van der Waals surface area contributed by atoms with Crippen LogP contribution in [0.2, 0.25) is 0 Å². The van der Waals surface area contributed by atoms with Gasteiger partial charge in [-0.2, -0.15) is 101 Å². The number of thiol groups is 8. The second-order valence-electron chi connectivity index (χ2n) is 15.4. The van der Waals surface area contributed by atoms with E-state index in [-0.39, 0.29) is 44.0 Å². The first kappa shape index (κ1) is 48.5. The zero-order chi connectivity index (χ0) is 41.6. The molecule has 0 saturated carbocycles. The molecule has 4 aromatic carbocycles. The Morgan fingerprint density at radius 3 is 0.965 bits per heavy atom. The van der Waals surface area contributed by atoms with Crippen molar-refractivity contribution in [1.29, 1.82) is 0 Å². The number of phenols is 4. The Balaban J connectivity index is 2.32. The van der Waals surface area contributed by atoms with Gasteiger partial charge in [0.2, 0.25) is 0 Å². The first-order valence-corrected chi connectivity index (χ1v) is 24.2. The summed E-state index contributed by atoms with van der Waals surface area (Å²) in [5, 5.41) is 42.8. The molecule has 4 rings (SSSR count). The Kier molecular flexibility index (Phi) is 19.8. The molecule has 0 heterocycles. The lowest BCUT2D eigenvalue weighted by atomic mass is 9.39. The quantitative estimate of drug-likeness (QED) is 0.0255. The highest BCUT2D eigenvalue weighted by molar-refractivity contribution is 7.85. The molecule has 0 amide bonds. The summed E-state index contributed by atoms with van der Waals surface area (Å²) in [5.41, 5.74) is 2.00. The summed E-state index contributed by atoms with van der Waals surface area (Å²) < 4.78 is 0. The lowest BCUT2D eigenvalue weighted by molar-refractivity contribution is -0.0574. The van der Waals surface area contributed by atoms with Crippen molar-refractivity contribution in [2.75, 3.05) is 23.0 Å². The largest absolute Gasteiger partial charge is 0.508 e. The fourth-order valence-electron chi connectivity index (χ4n) is 9.11. The van der Waals surface area contributed by atoms with E-state index in [2.05, 4.69) is 0 Å². The van der Waals surface area contributed by atoms with E-state index in [1.807, 2.05) is 48.5 Å². The molecule has 0 aromatic heterocycles. The van der Waals surface area contributed by atoms with Gasteiger partial charge in [0.1, 0.15) is 23.0 Å². The molecule has 0 radical (unpaired) electrons. The third-order valence-corrected chi connectivity index (χ3v) is 16.7. The maximum absolute atomic E-state index is 10.8. The van der Waals surface area contributed by atoms with E-state index in [9.17, 15) is 20.4 Å². The van der Waals surface area contributed by atoms with E-state index < -0.39 is 16.2 Å². The Morgan fingerprint density at radius 1 is 0.386 bits per heavy atom. The molecular weight excluding hydrogens is 861 g/mol. The number of hydrogen-bond donors (Lipinski definition) is 12. The molecule has 4 aromatic rings. The highest BCUT2D eigenvalue weighted by Crippen LogP contribution is 2.69. The monoisotopic (exact) mass is 920 g/mol. The SMILES string of the molecule is Oc1ccc(CCC(CCC(S)CS)(CCC(S)CS)C(CCC(S)CS)(CCC(S)CS)C(c2ccc(O)cc2)(c2ccc(O)cc2)c2ccc(O)cc2)cc1. The molecule has 4 unspecified atom stereocenters. The molecule has 4 nitrogen and oxygen atoms in total. The van der Waals surface area contributed by atoms with Gasteiger partial charge in [-0.1, -0.05) is 48.5 Å². The first-order valence-electron chi connectivity index (χ1n) is 19.6. The lowest BCUT2D eigenvalue weighted by Crippen LogP contribution is -2.58. The van der Waals surface area contributed by atoms with Crippen molar-refractivity contribution in [3.63, 3.8) is 0 Å². The summed E-state index contributed by atoms with van der Waals surface area (Å²) in [6.07, 6.45) is 7.67. The Labute approximate surface area is 385 Å². The number of benzene rings is 4. The van der Waals surface area contributed by atoms with Crippen molar-refractivity contribution in [1.82, 2.24) is 0 Å². The van der Waals surface area contributed by atoms with Gasteiger partial charge in [0.25, 0.3) is 0 Å². The number of aromatic hydroxyl groups is 4. The smallest absolute Gasteiger partial charge is 0.115 e. The second kappa shape index (κ2) is 23.2. The number of phenolic OH excluding ortho intramolecular Hbond substituents is 4. The van der Waals surface area contributed by atoms with E-state index in [1.54, 1.807) is 48.5 Å². The van der Waals surface area contributed by atoms with Crippen molar-refractivity contribution in [3.8, 4) is 23.0 Å². The van der Waals surface area contributed by atoms with Crippen LogP contribution in [0.3, 0.4) is 0 Å². The zero-order valence-corrected chi connectivity index (χ0v) is 39.5. The second-order valence-corrected chi connectivity index (χ2v) is 19.8. The van der Waals surface area contributed by atoms with Crippen LogP contribution in [0.25, 0.3) is 0 Å². The van der Waals surface area contributed by atoms with Gasteiger partial charge in [0, 0.05) is 44.0 Å². The number of aryl methyl sites for hydroxylation is 1. The molecule has 0 fully saturated rings. The Hall–Kier alpha value is -1.12. The average Bonchev–Trinajstić information content (AvgIpc) is 3.23. The van der Waals surface area contributed by atoms with Gasteiger partial charge in [-0.3, -0.25) is 0 Å². The predicted molar refractivity (Wildman–Crippen MR) is 269 cm³/mol. The van der Waals surface area contributed by atoms with E-state index in [0.717, 1.165) is 86.5 Å². The molecule has 0 aliphatic heterocycles. The molecule has 4 N–H and O–H groups in total. The zero-order valence-electron chi connectivity index (χ0n) is 32.3. The lowest BCUT2D eigenvalue weighted by Gasteiger charge is -2.63. The van der Waals surface area contributed by atoms with Gasteiger partial charge in [-0.15, -0.1) is 0 Å². The van der Waals surface area contributed by atoms with Crippen molar-refractivity contribution in [2.24, 2.45) is 10.8 Å². The van der Waals surface area contributed by atoms with E-state index >= 15 is 0 Å². The fourth-order valence-corrected chi connectivity index (χ4v) is 10.4. The molecule has 0 aliphatic carbocycles. The summed E-state index contributed by atoms with van der Waals surface area (Å²) >= 11 is 39.3. The van der Waals surface area contributed by atoms with Crippen LogP contribution in [-0.2, 0) is 11.8 Å². The predicted octanol–water partition coefficient (Wildman–Crippen LogP) is 11.5. The summed E-state index contributed by atoms with van der Waals surface area (Å²) in [4.78, 5) is 0. The highest BCUT2D eigenvalue weighted by Gasteiger charge is 2.63. The van der Waals surface area contributed by atoms with Crippen molar-refractivity contribution >= 4 is 101 Å². The van der Waals surface area contributed by atoms with Crippen molar-refractivity contribution < 1.29 is 20.4 Å². The molecule has 0 bridgehead atoms. The fraction of sp³-hybridized carbons (Fsp3) is 0.467. The van der Waals surface area contributed by atoms with Gasteiger partial charge in [0.15, 0.2) is 0 Å². The van der Waals surface area contributed by atoms with Gasteiger partial charge < -0.3 is 20.4 Å². The van der Waals surface area contributed by atoms with E-state index in [0.29, 0.717) is 23.0 Å². The molecule has 0 aliphatic rings. The van der Waals surface area contributed by atoms with Gasteiger partial charge in [-0.25, -0.2) is 0 Å². The Bertz CT molecular complexity index is 1620. The molecule has 312 valence electrons. The van der Waals surface area contributed by atoms with Crippen LogP contribution >= 0.6 is 101 Å². The third kappa shape index (κ3) is 12.0. The first-order chi connectivity index (χ1) is 27.3. The van der Waals surface area contributed by atoms with E-state index in [4.69, 9.17) is 101 Å². The molecular formula is C45H60O4S8. The average molecular weight is 922 g/mol. The number of hydrogen-bond acceptors (Lipinski definition) is 12. The van der Waals surface area contributed by atoms with Crippen LogP contribution < -0.4 is 0 Å². The van der Waals surface area contributed by atoms with Crippen LogP contribution in [0.4, 0.5) is 0 Å². The summed E-state index contributed by atoms with van der Waals surface area (Å²) in [5.74, 6) is 3.10. The van der Waals surface area contributed by atoms with Gasteiger partial charge in [0.05, 0.1) is 5.41 Å². The molecule has 4 atom stereocenters. The van der Waals surface area contributed by atoms with Crippen LogP contribution in [0.5, 0.6) is 23.0 Å². The van der Waals surface area contributed by atoms with Crippen molar-refractivity contribution in [2.45, 2.75) is 90.6 Å². The summed E-state index contributed by atoms with van der Waals surface area (Å²) in [7, 11) is 0. The minimum atomic E-state index is -0.939. The van der Waals surface area contributed by atoms with Crippen LogP contribution in [0, 0.1) is 10.8 Å². The topological polar surface area (TPSA) is 80.9 Å². The van der Waals surface area contributed by atoms with Crippen LogP contribution in [0.1, 0.15) is 80.0 Å². The molecule has 0 saturated heterocycles. The molecule has 0 spiro atoms. The standard InChI is InChI=1S/C45H60O4S8/c46-35-9-1-31(2-10-35)17-22-43(23-18-39(54)27-50,24-19-40(55)28-51)44(25-20-41(56)29-52,26-21-42(57)30-53)45(32-3-11-36(47)12-4-32,33-5-13-37(48)14-6-33)34-7-15-38(49)16-8-34/h1-16,39-42,46-57H,17-30H2. The molecule has 57 heavy (non-hydrogen) atoms. The van der Waals surface area contributed by atoms with Gasteiger partial charge in [-0.05, 0) is 146 Å². The summed E-state index contributed by atoms with van der Waals surface area (Å²) in [6.45, 7) is 0. The molecule has 12 heteroatoms. The normalized spacial score (nSPS) is 16.3.